The number of hydrogen-bond acceptors (Lipinski definition) is 10. The van der Waals surface area contributed by atoms with Gasteiger partial charge < -0.3 is 28.4 Å². The molecular weight excluding hydrogens is 784 g/mol. The van der Waals surface area contributed by atoms with Crippen LogP contribution in [0.3, 0.4) is 0 Å². The number of fused-ring (bicyclic) bond motifs is 3. The molecule has 0 radical (unpaired) electrons. The second kappa shape index (κ2) is 16.0. The van der Waals surface area contributed by atoms with Gasteiger partial charge in [-0.1, -0.05) is 45.4 Å². The standard InChI is InChI=1S/C42H52ClF2N7O5Si/c1-10-27-30(44)13-12-25-18-26(56-24-54-7)19-28(32(25)27)35-34(45)36-29(20-46-35)38(51-16-11-17-52-31(21-51)33(43)37(49-52)39(53)50(5)6)48-40(47-36)55-22-42(14-15-42)23-57-58(8,9)41(2,3)4/h12-13,18-20H,10-11,14-17,21-24H2,1-9H3. The first kappa shape index (κ1) is 41.7. The van der Waals surface area contributed by atoms with Gasteiger partial charge in [0.1, 0.15) is 28.6 Å². The molecule has 58 heavy (non-hydrogen) atoms. The highest BCUT2D eigenvalue weighted by Crippen LogP contribution is 2.48. The summed E-state index contributed by atoms with van der Waals surface area (Å²) in [6.45, 7) is 15.0. The predicted octanol–water partition coefficient (Wildman–Crippen LogP) is 8.81. The summed E-state index contributed by atoms with van der Waals surface area (Å²) in [6.07, 6.45) is 4.41. The summed E-state index contributed by atoms with van der Waals surface area (Å²) in [6, 6.07) is 6.48. The molecule has 16 heteroatoms. The average molecular weight is 836 g/mol. The Bertz CT molecular complexity index is 2380. The van der Waals surface area contributed by atoms with Crippen LogP contribution in [0.1, 0.15) is 68.7 Å². The molecule has 0 saturated heterocycles. The second-order valence-corrected chi connectivity index (χ2v) is 22.3. The number of rotatable bonds is 13. The molecule has 2 aromatic carbocycles. The molecule has 1 amide bonds. The Hall–Kier alpha value is -4.44. The van der Waals surface area contributed by atoms with E-state index < -0.39 is 20.0 Å². The topological polar surface area (TPSA) is 117 Å². The summed E-state index contributed by atoms with van der Waals surface area (Å²) in [5.41, 5.74) is 1.35. The van der Waals surface area contributed by atoms with Gasteiger partial charge in [0, 0.05) is 58.1 Å². The van der Waals surface area contributed by atoms with Crippen molar-refractivity contribution in [2.45, 2.75) is 84.6 Å². The van der Waals surface area contributed by atoms with E-state index in [9.17, 15) is 4.79 Å². The van der Waals surface area contributed by atoms with Crippen LogP contribution in [0.5, 0.6) is 11.8 Å². The Labute approximate surface area is 343 Å². The zero-order valence-electron chi connectivity index (χ0n) is 34.8. The van der Waals surface area contributed by atoms with Crippen LogP contribution in [0.4, 0.5) is 14.6 Å². The van der Waals surface area contributed by atoms with Gasteiger partial charge in [-0.15, -0.1) is 0 Å². The Morgan fingerprint density at radius 2 is 1.83 bits per heavy atom. The first-order chi connectivity index (χ1) is 27.5. The van der Waals surface area contributed by atoms with Crippen LogP contribution in [0.25, 0.3) is 32.9 Å². The van der Waals surface area contributed by atoms with Gasteiger partial charge in [-0.25, -0.2) is 8.78 Å². The molecule has 12 nitrogen and oxygen atoms in total. The molecule has 5 aromatic rings. The summed E-state index contributed by atoms with van der Waals surface area (Å²) >= 11 is 6.85. The molecule has 3 aromatic heterocycles. The maximum absolute atomic E-state index is 17.5. The van der Waals surface area contributed by atoms with Crippen molar-refractivity contribution >= 4 is 53.3 Å². The van der Waals surface area contributed by atoms with E-state index in [-0.39, 0.29) is 57.6 Å². The first-order valence-electron chi connectivity index (χ1n) is 19.7. The number of aryl methyl sites for hydroxylation is 2. The van der Waals surface area contributed by atoms with Gasteiger partial charge in [0.25, 0.3) is 5.91 Å². The lowest BCUT2D eigenvalue weighted by atomic mass is 9.94. The van der Waals surface area contributed by atoms with Gasteiger partial charge in [-0.3, -0.25) is 14.5 Å². The highest BCUT2D eigenvalue weighted by Gasteiger charge is 2.47. The molecule has 2 aliphatic rings. The summed E-state index contributed by atoms with van der Waals surface area (Å²) in [5, 5.41) is 6.42. The smallest absolute Gasteiger partial charge is 0.319 e. The quantitative estimate of drug-likeness (QED) is 0.0842. The van der Waals surface area contributed by atoms with Crippen molar-refractivity contribution in [1.29, 1.82) is 0 Å². The third-order valence-corrected chi connectivity index (χ3v) is 16.7. The van der Waals surface area contributed by atoms with Gasteiger partial charge in [-0.05, 0) is 78.4 Å². The van der Waals surface area contributed by atoms with Crippen molar-refractivity contribution in [2.75, 3.05) is 52.7 Å². The van der Waals surface area contributed by atoms with E-state index in [0.29, 0.717) is 83.7 Å². The fraction of sp³-hybridized carbons (Fsp3) is 0.500. The Morgan fingerprint density at radius 1 is 1.07 bits per heavy atom. The number of carbonyl (C=O) groups excluding carboxylic acids is 1. The molecule has 1 aliphatic carbocycles. The van der Waals surface area contributed by atoms with E-state index in [0.717, 1.165) is 12.8 Å². The minimum Gasteiger partial charge on any atom is -0.468 e. The van der Waals surface area contributed by atoms with Crippen LogP contribution in [0.15, 0.2) is 30.5 Å². The normalized spacial score (nSPS) is 15.4. The maximum atomic E-state index is 17.5. The fourth-order valence-corrected chi connectivity index (χ4v) is 8.41. The number of methoxy groups -OCH3 is 1. The number of carbonyl (C=O) groups is 1. The maximum Gasteiger partial charge on any atom is 0.319 e. The molecule has 7 rings (SSSR count). The molecule has 0 unspecified atom stereocenters. The number of amides is 1. The van der Waals surface area contributed by atoms with Crippen LogP contribution < -0.4 is 14.4 Å². The minimum atomic E-state index is -2.02. The number of nitrogens with zero attached hydrogens (tertiary/aromatic N) is 7. The lowest BCUT2D eigenvalue weighted by molar-refractivity contribution is 0.0512. The zero-order valence-corrected chi connectivity index (χ0v) is 36.5. The highest BCUT2D eigenvalue weighted by atomic mass is 35.5. The Balaban J connectivity index is 1.35. The van der Waals surface area contributed by atoms with Crippen LogP contribution in [-0.4, -0.2) is 91.6 Å². The van der Waals surface area contributed by atoms with Crippen molar-refractivity contribution in [2.24, 2.45) is 5.41 Å². The molecule has 1 fully saturated rings. The van der Waals surface area contributed by atoms with Crippen LogP contribution >= 0.6 is 11.6 Å². The fourth-order valence-electron chi connectivity index (χ4n) is 7.03. The van der Waals surface area contributed by atoms with E-state index in [2.05, 4.69) is 39.0 Å². The van der Waals surface area contributed by atoms with Gasteiger partial charge in [0.05, 0.1) is 29.3 Å². The minimum absolute atomic E-state index is 0.00630. The van der Waals surface area contributed by atoms with Crippen LogP contribution in [-0.2, 0) is 28.7 Å². The van der Waals surface area contributed by atoms with Gasteiger partial charge >= 0.3 is 6.01 Å². The number of benzene rings is 2. The number of halogens is 3. The number of ether oxygens (including phenoxy) is 3. The molecule has 1 saturated carbocycles. The van der Waals surface area contributed by atoms with Crippen molar-refractivity contribution in [3.8, 4) is 23.0 Å². The van der Waals surface area contributed by atoms with E-state index in [4.69, 9.17) is 45.2 Å². The van der Waals surface area contributed by atoms with Crippen LogP contribution in [0.2, 0.25) is 23.2 Å². The number of hydrogen-bond donors (Lipinski definition) is 0. The first-order valence-corrected chi connectivity index (χ1v) is 23.0. The molecule has 310 valence electrons. The molecule has 4 heterocycles. The van der Waals surface area contributed by atoms with Crippen molar-refractivity contribution in [3.05, 3.63) is 64.1 Å². The Kier molecular flexibility index (Phi) is 11.5. The van der Waals surface area contributed by atoms with Gasteiger partial charge in [0.15, 0.2) is 26.6 Å². The average Bonchev–Trinajstić information content (AvgIpc) is 3.94. The van der Waals surface area contributed by atoms with E-state index in [1.165, 1.54) is 18.1 Å². The largest absolute Gasteiger partial charge is 0.468 e. The van der Waals surface area contributed by atoms with Gasteiger partial charge in [0.2, 0.25) is 0 Å². The third-order valence-electron chi connectivity index (χ3n) is 11.8. The van der Waals surface area contributed by atoms with E-state index >= 15 is 8.78 Å². The highest BCUT2D eigenvalue weighted by molar-refractivity contribution is 6.74. The Morgan fingerprint density at radius 3 is 2.50 bits per heavy atom. The SMILES string of the molecule is CCc1c(F)ccc2cc(OCOC)cc(-c3ncc4c(N5CCCn6nc(C(=O)N(C)C)c(Cl)c6C5)nc(OCC5(CO[Si](C)(C)C(C)(C)C)CC5)nc4c3F)c12. The van der Waals surface area contributed by atoms with Crippen molar-refractivity contribution < 1.29 is 32.2 Å². The van der Waals surface area contributed by atoms with E-state index in [1.807, 2.05) is 11.8 Å². The van der Waals surface area contributed by atoms with E-state index in [1.54, 1.807) is 43.2 Å². The monoisotopic (exact) mass is 835 g/mol. The second-order valence-electron chi connectivity index (χ2n) is 17.2. The molecular formula is C42H52ClF2N7O5Si. The summed E-state index contributed by atoms with van der Waals surface area (Å²) in [5.74, 6) is -0.618. The number of pyridine rings is 1. The summed E-state index contributed by atoms with van der Waals surface area (Å²) in [4.78, 5) is 30.7. The molecule has 1 aliphatic heterocycles. The summed E-state index contributed by atoms with van der Waals surface area (Å²) in [7, 11) is 2.79. The van der Waals surface area contributed by atoms with Crippen LogP contribution in [0, 0.1) is 17.0 Å². The number of aromatic nitrogens is 5. The lowest BCUT2D eigenvalue weighted by Gasteiger charge is -2.37. The number of anilines is 1. The molecule has 0 bridgehead atoms. The molecule has 0 N–H and O–H groups in total. The van der Waals surface area contributed by atoms with Gasteiger partial charge in [-0.2, -0.15) is 15.1 Å². The summed E-state index contributed by atoms with van der Waals surface area (Å²) < 4.78 is 58.6. The molecule has 0 atom stereocenters. The lowest BCUT2D eigenvalue weighted by Crippen LogP contribution is -2.42. The van der Waals surface area contributed by atoms with Crippen molar-refractivity contribution in [1.82, 2.24) is 29.6 Å². The molecule has 0 spiro atoms. The van der Waals surface area contributed by atoms with Crippen molar-refractivity contribution in [3.63, 3.8) is 0 Å². The predicted molar refractivity (Wildman–Crippen MR) is 223 cm³/mol. The zero-order chi connectivity index (χ0) is 41.7. The third kappa shape index (κ3) is 7.97.